The third-order valence-electron chi connectivity index (χ3n) is 2.86. The Balaban J connectivity index is 0.00000144. The molecule has 0 bridgehead atoms. The van der Waals surface area contributed by atoms with Gasteiger partial charge in [-0.15, -0.1) is 12.4 Å². The Morgan fingerprint density at radius 1 is 1.29 bits per heavy atom. The van der Waals surface area contributed by atoms with E-state index in [2.05, 4.69) is 5.32 Å². The smallest absolute Gasteiger partial charge is 0.384 e. The Labute approximate surface area is 103 Å². The zero-order valence-corrected chi connectivity index (χ0v) is 9.74. The summed E-state index contributed by atoms with van der Waals surface area (Å²) >= 11 is 0. The predicted molar refractivity (Wildman–Crippen MR) is 60.1 cm³/mol. The molecule has 2 rings (SSSR count). The third-order valence-corrected chi connectivity index (χ3v) is 2.86. The van der Waals surface area contributed by atoms with Crippen molar-refractivity contribution >= 4 is 12.4 Å². The number of alkyl halides is 3. The van der Waals surface area contributed by atoms with Gasteiger partial charge in [0.1, 0.15) is 5.60 Å². The summed E-state index contributed by atoms with van der Waals surface area (Å²) in [5.74, 6) is 0. The molecule has 0 saturated carbocycles. The average molecular weight is 268 g/mol. The normalized spacial score (nSPS) is 24.5. The molecule has 0 aromatic heterocycles. The first-order valence-electron chi connectivity index (χ1n) is 5.03. The molecule has 17 heavy (non-hydrogen) atoms. The molecule has 1 atom stereocenters. The van der Waals surface area contributed by atoms with E-state index in [9.17, 15) is 18.3 Å². The maximum Gasteiger partial charge on any atom is 0.416 e. The molecule has 0 aliphatic carbocycles. The third kappa shape index (κ3) is 2.91. The average Bonchev–Trinajstić information content (AvgIpc) is 2.66. The van der Waals surface area contributed by atoms with Crippen LogP contribution in [-0.2, 0) is 11.8 Å². The molecular weight excluding hydrogens is 255 g/mol. The lowest BCUT2D eigenvalue weighted by Gasteiger charge is -2.22. The number of hydrogen-bond acceptors (Lipinski definition) is 2. The van der Waals surface area contributed by atoms with Crippen molar-refractivity contribution in [1.29, 1.82) is 0 Å². The number of β-amino-alcohol motifs (C(OH)–C–C–N with tert-alkyl or cyclic N) is 1. The van der Waals surface area contributed by atoms with E-state index < -0.39 is 17.3 Å². The summed E-state index contributed by atoms with van der Waals surface area (Å²) in [6, 6.07) is 4.89. The molecule has 1 aromatic rings. The van der Waals surface area contributed by atoms with E-state index in [1.807, 2.05) is 0 Å². The van der Waals surface area contributed by atoms with E-state index in [1.165, 1.54) is 12.1 Å². The van der Waals surface area contributed by atoms with Crippen molar-refractivity contribution in [3.05, 3.63) is 35.4 Å². The minimum Gasteiger partial charge on any atom is -0.384 e. The highest BCUT2D eigenvalue weighted by atomic mass is 35.5. The quantitative estimate of drug-likeness (QED) is 0.818. The Morgan fingerprint density at radius 2 is 2.00 bits per heavy atom. The van der Waals surface area contributed by atoms with Gasteiger partial charge in [-0.05, 0) is 30.7 Å². The number of rotatable bonds is 1. The van der Waals surface area contributed by atoms with Crippen molar-refractivity contribution in [2.75, 3.05) is 13.1 Å². The van der Waals surface area contributed by atoms with Gasteiger partial charge in [0.05, 0.1) is 5.56 Å². The monoisotopic (exact) mass is 267 g/mol. The van der Waals surface area contributed by atoms with Crippen LogP contribution >= 0.6 is 12.4 Å². The minimum atomic E-state index is -4.36. The second-order valence-electron chi connectivity index (χ2n) is 4.04. The van der Waals surface area contributed by atoms with Crippen LogP contribution in [0.3, 0.4) is 0 Å². The molecule has 1 aromatic carbocycles. The topological polar surface area (TPSA) is 32.3 Å². The van der Waals surface area contributed by atoms with Gasteiger partial charge in [0.25, 0.3) is 0 Å². The van der Waals surface area contributed by atoms with Crippen LogP contribution in [0.25, 0.3) is 0 Å². The predicted octanol–water partition coefficient (Wildman–Crippen LogP) is 2.31. The minimum absolute atomic E-state index is 0. The summed E-state index contributed by atoms with van der Waals surface area (Å²) in [6.45, 7) is 0.918. The molecule has 96 valence electrons. The SMILES string of the molecule is Cl.OC1(c2cccc(C(F)(F)F)c2)CCNC1. The van der Waals surface area contributed by atoms with Gasteiger partial charge in [-0.25, -0.2) is 0 Å². The summed E-state index contributed by atoms with van der Waals surface area (Å²) in [7, 11) is 0. The van der Waals surface area contributed by atoms with Crippen molar-refractivity contribution in [2.24, 2.45) is 0 Å². The molecule has 1 fully saturated rings. The highest BCUT2D eigenvalue weighted by molar-refractivity contribution is 5.85. The lowest BCUT2D eigenvalue weighted by Crippen LogP contribution is -2.28. The van der Waals surface area contributed by atoms with Gasteiger partial charge in [-0.1, -0.05) is 12.1 Å². The number of aliphatic hydroxyl groups is 1. The van der Waals surface area contributed by atoms with Gasteiger partial charge < -0.3 is 10.4 Å². The molecule has 0 spiro atoms. The maximum absolute atomic E-state index is 12.5. The lowest BCUT2D eigenvalue weighted by molar-refractivity contribution is -0.137. The molecule has 1 saturated heterocycles. The molecule has 0 amide bonds. The van der Waals surface area contributed by atoms with Crippen molar-refractivity contribution in [1.82, 2.24) is 5.32 Å². The molecule has 2 nitrogen and oxygen atoms in total. The van der Waals surface area contributed by atoms with Crippen LogP contribution in [-0.4, -0.2) is 18.2 Å². The molecule has 1 heterocycles. The number of benzene rings is 1. The first kappa shape index (κ1) is 14.3. The molecular formula is C11H13ClF3NO. The van der Waals surface area contributed by atoms with Gasteiger partial charge >= 0.3 is 6.18 Å². The van der Waals surface area contributed by atoms with Crippen molar-refractivity contribution in [2.45, 2.75) is 18.2 Å². The van der Waals surface area contributed by atoms with E-state index in [1.54, 1.807) is 0 Å². The largest absolute Gasteiger partial charge is 0.416 e. The second-order valence-corrected chi connectivity index (χ2v) is 4.04. The first-order valence-corrected chi connectivity index (χ1v) is 5.03. The Hall–Kier alpha value is -0.780. The van der Waals surface area contributed by atoms with E-state index in [-0.39, 0.29) is 12.4 Å². The standard InChI is InChI=1S/C11H12F3NO.ClH/c12-11(13,14)9-3-1-2-8(6-9)10(16)4-5-15-7-10;/h1-3,6,15-16H,4-5,7H2;1H. The van der Waals surface area contributed by atoms with Crippen LogP contribution in [0.15, 0.2) is 24.3 Å². The molecule has 2 N–H and O–H groups in total. The van der Waals surface area contributed by atoms with Crippen molar-refractivity contribution < 1.29 is 18.3 Å². The zero-order valence-electron chi connectivity index (χ0n) is 8.92. The number of halogens is 4. The molecule has 1 aliphatic heterocycles. The Morgan fingerprint density at radius 3 is 2.53 bits per heavy atom. The molecule has 1 unspecified atom stereocenters. The second kappa shape index (κ2) is 4.84. The highest BCUT2D eigenvalue weighted by Crippen LogP contribution is 2.34. The Bertz CT molecular complexity index is 389. The van der Waals surface area contributed by atoms with E-state index in [0.717, 1.165) is 12.1 Å². The summed E-state index contributed by atoms with van der Waals surface area (Å²) in [4.78, 5) is 0. The maximum atomic E-state index is 12.5. The van der Waals surface area contributed by atoms with Crippen LogP contribution in [0.2, 0.25) is 0 Å². The molecule has 0 radical (unpaired) electrons. The van der Waals surface area contributed by atoms with Crippen LogP contribution in [0.1, 0.15) is 17.5 Å². The number of nitrogens with one attached hydrogen (secondary N) is 1. The van der Waals surface area contributed by atoms with E-state index >= 15 is 0 Å². The van der Waals surface area contributed by atoms with Gasteiger partial charge in [-0.2, -0.15) is 13.2 Å². The van der Waals surface area contributed by atoms with Crippen LogP contribution in [0.5, 0.6) is 0 Å². The van der Waals surface area contributed by atoms with Crippen molar-refractivity contribution in [3.8, 4) is 0 Å². The van der Waals surface area contributed by atoms with Gasteiger partial charge in [0.2, 0.25) is 0 Å². The summed E-state index contributed by atoms with van der Waals surface area (Å²) in [5, 5.41) is 13.1. The van der Waals surface area contributed by atoms with E-state index in [4.69, 9.17) is 0 Å². The summed E-state index contributed by atoms with van der Waals surface area (Å²) in [5.41, 5.74) is -1.56. The first-order chi connectivity index (χ1) is 7.42. The van der Waals surface area contributed by atoms with Crippen LogP contribution in [0, 0.1) is 0 Å². The highest BCUT2D eigenvalue weighted by Gasteiger charge is 2.36. The fraction of sp³-hybridized carbons (Fsp3) is 0.455. The van der Waals surface area contributed by atoms with Gasteiger partial charge in [-0.3, -0.25) is 0 Å². The molecule has 1 aliphatic rings. The van der Waals surface area contributed by atoms with Gasteiger partial charge in [0.15, 0.2) is 0 Å². The van der Waals surface area contributed by atoms with Crippen molar-refractivity contribution in [3.63, 3.8) is 0 Å². The number of hydrogen-bond donors (Lipinski definition) is 2. The lowest BCUT2D eigenvalue weighted by atomic mass is 9.92. The Kier molecular flexibility index (Phi) is 4.06. The summed E-state index contributed by atoms with van der Waals surface area (Å²) < 4.78 is 37.4. The summed E-state index contributed by atoms with van der Waals surface area (Å²) in [6.07, 6.45) is -3.92. The van der Waals surface area contributed by atoms with Crippen LogP contribution < -0.4 is 5.32 Å². The fourth-order valence-electron chi connectivity index (χ4n) is 1.91. The van der Waals surface area contributed by atoms with Gasteiger partial charge in [0, 0.05) is 6.54 Å². The zero-order chi connectivity index (χ0) is 11.8. The fourth-order valence-corrected chi connectivity index (χ4v) is 1.91. The van der Waals surface area contributed by atoms with Crippen LogP contribution in [0.4, 0.5) is 13.2 Å². The molecule has 6 heteroatoms. The van der Waals surface area contributed by atoms with E-state index in [0.29, 0.717) is 25.1 Å².